The van der Waals surface area contributed by atoms with Crippen LogP contribution < -0.4 is 10.6 Å². The zero-order valence-electron chi connectivity index (χ0n) is 11.8. The number of carbonyl (C=O) groups excluding carboxylic acids is 2. The van der Waals surface area contributed by atoms with Crippen LogP contribution in [0.15, 0.2) is 24.3 Å². The van der Waals surface area contributed by atoms with Crippen LogP contribution in [-0.2, 0) is 11.2 Å². The lowest BCUT2D eigenvalue weighted by molar-refractivity contribution is -0.134. The first-order valence-corrected chi connectivity index (χ1v) is 6.86. The van der Waals surface area contributed by atoms with Gasteiger partial charge >= 0.3 is 0 Å². The van der Waals surface area contributed by atoms with E-state index in [1.165, 1.54) is 0 Å². The highest BCUT2D eigenvalue weighted by Gasteiger charge is 2.50. The van der Waals surface area contributed by atoms with Crippen molar-refractivity contribution < 1.29 is 9.59 Å². The standard InChI is InChI=1S/C15H19N3O2/c1-18(2)14(20)12-8-16-9-15(12)7-10-5-3-4-6-11(10)13(19)17-15/h3-6,12,16H,7-9H2,1-2H3,(H,17,19)/t12-,15+/m0/s1. The Morgan fingerprint density at radius 3 is 2.85 bits per heavy atom. The van der Waals surface area contributed by atoms with E-state index in [4.69, 9.17) is 0 Å². The largest absolute Gasteiger partial charge is 0.348 e. The maximum absolute atomic E-state index is 12.4. The molecule has 2 atom stereocenters. The van der Waals surface area contributed by atoms with Gasteiger partial charge in [-0.2, -0.15) is 0 Å². The van der Waals surface area contributed by atoms with E-state index in [9.17, 15) is 9.59 Å². The second-order valence-corrected chi connectivity index (χ2v) is 5.86. The molecule has 5 heteroatoms. The molecule has 0 unspecified atom stereocenters. The molecule has 2 aliphatic rings. The molecule has 2 N–H and O–H groups in total. The lowest BCUT2D eigenvalue weighted by Gasteiger charge is -2.39. The third kappa shape index (κ3) is 1.89. The van der Waals surface area contributed by atoms with Crippen LogP contribution in [0.5, 0.6) is 0 Å². The SMILES string of the molecule is CN(C)C(=O)[C@@H]1CNC[C@]12Cc1ccccc1C(=O)N2. The Hall–Kier alpha value is -1.88. The van der Waals surface area contributed by atoms with Crippen LogP contribution in [-0.4, -0.2) is 49.4 Å². The van der Waals surface area contributed by atoms with Gasteiger partial charge in [-0.3, -0.25) is 9.59 Å². The maximum Gasteiger partial charge on any atom is 0.252 e. The topological polar surface area (TPSA) is 61.4 Å². The molecule has 1 aromatic rings. The lowest BCUT2D eigenvalue weighted by Crippen LogP contribution is -2.61. The Bertz CT molecular complexity index is 570. The second-order valence-electron chi connectivity index (χ2n) is 5.86. The number of hydrogen-bond acceptors (Lipinski definition) is 3. The highest BCUT2D eigenvalue weighted by Crippen LogP contribution is 2.32. The first-order chi connectivity index (χ1) is 9.53. The monoisotopic (exact) mass is 273 g/mol. The number of hydrogen-bond donors (Lipinski definition) is 2. The molecule has 1 aromatic carbocycles. The van der Waals surface area contributed by atoms with Gasteiger partial charge in [0.15, 0.2) is 0 Å². The number of benzene rings is 1. The molecule has 20 heavy (non-hydrogen) atoms. The van der Waals surface area contributed by atoms with Gasteiger partial charge in [0.05, 0.1) is 11.5 Å². The van der Waals surface area contributed by atoms with E-state index in [1.807, 2.05) is 24.3 Å². The number of nitrogens with zero attached hydrogens (tertiary/aromatic N) is 1. The van der Waals surface area contributed by atoms with Crippen molar-refractivity contribution in [1.82, 2.24) is 15.5 Å². The molecule has 2 aliphatic heterocycles. The zero-order valence-corrected chi connectivity index (χ0v) is 11.8. The summed E-state index contributed by atoms with van der Waals surface area (Å²) in [4.78, 5) is 26.3. The third-order valence-corrected chi connectivity index (χ3v) is 4.33. The first-order valence-electron chi connectivity index (χ1n) is 6.86. The van der Waals surface area contributed by atoms with Gasteiger partial charge < -0.3 is 15.5 Å². The van der Waals surface area contributed by atoms with Crippen molar-refractivity contribution in [3.8, 4) is 0 Å². The van der Waals surface area contributed by atoms with Gasteiger partial charge in [0.1, 0.15) is 0 Å². The smallest absolute Gasteiger partial charge is 0.252 e. The molecule has 2 heterocycles. The highest BCUT2D eigenvalue weighted by atomic mass is 16.2. The average Bonchev–Trinajstić information content (AvgIpc) is 2.80. The van der Waals surface area contributed by atoms with Crippen LogP contribution >= 0.6 is 0 Å². The summed E-state index contributed by atoms with van der Waals surface area (Å²) in [7, 11) is 3.51. The van der Waals surface area contributed by atoms with Crippen LogP contribution in [0.3, 0.4) is 0 Å². The van der Waals surface area contributed by atoms with Gasteiger partial charge in [-0.1, -0.05) is 18.2 Å². The van der Waals surface area contributed by atoms with Crippen molar-refractivity contribution >= 4 is 11.8 Å². The van der Waals surface area contributed by atoms with Crippen molar-refractivity contribution in [3.63, 3.8) is 0 Å². The zero-order chi connectivity index (χ0) is 14.3. The fourth-order valence-electron chi connectivity index (χ4n) is 3.28. The predicted molar refractivity (Wildman–Crippen MR) is 75.4 cm³/mol. The van der Waals surface area contributed by atoms with Crippen LogP contribution in [0, 0.1) is 5.92 Å². The summed E-state index contributed by atoms with van der Waals surface area (Å²) in [5, 5.41) is 6.34. The minimum atomic E-state index is -0.493. The Labute approximate surface area is 118 Å². The van der Waals surface area contributed by atoms with Crippen molar-refractivity contribution in [1.29, 1.82) is 0 Å². The summed E-state index contributed by atoms with van der Waals surface area (Å²) in [6.45, 7) is 1.25. The number of amides is 2. The quantitative estimate of drug-likeness (QED) is 0.758. The van der Waals surface area contributed by atoms with Gasteiger partial charge in [-0.25, -0.2) is 0 Å². The second kappa shape index (κ2) is 4.59. The highest BCUT2D eigenvalue weighted by molar-refractivity contribution is 5.98. The van der Waals surface area contributed by atoms with Crippen molar-refractivity contribution in [2.75, 3.05) is 27.2 Å². The van der Waals surface area contributed by atoms with Crippen LogP contribution in [0.1, 0.15) is 15.9 Å². The molecule has 2 amide bonds. The first kappa shape index (κ1) is 13.1. The molecule has 1 saturated heterocycles. The summed E-state index contributed by atoms with van der Waals surface area (Å²) in [5.41, 5.74) is 1.25. The van der Waals surface area contributed by atoms with Gasteiger partial charge in [-0.05, 0) is 18.1 Å². The normalized spacial score (nSPS) is 28.1. The van der Waals surface area contributed by atoms with Crippen LogP contribution in [0.4, 0.5) is 0 Å². The number of rotatable bonds is 1. The Balaban J connectivity index is 1.98. The molecule has 0 aliphatic carbocycles. The Morgan fingerprint density at radius 1 is 1.35 bits per heavy atom. The minimum absolute atomic E-state index is 0.0645. The van der Waals surface area contributed by atoms with E-state index in [0.717, 1.165) is 11.1 Å². The fourth-order valence-corrected chi connectivity index (χ4v) is 3.28. The molecule has 1 fully saturated rings. The van der Waals surface area contributed by atoms with Gasteiger partial charge in [0.25, 0.3) is 5.91 Å². The van der Waals surface area contributed by atoms with Crippen molar-refractivity contribution in [2.24, 2.45) is 5.92 Å². The van der Waals surface area contributed by atoms with Crippen LogP contribution in [0.2, 0.25) is 0 Å². The minimum Gasteiger partial charge on any atom is -0.348 e. The van der Waals surface area contributed by atoms with Gasteiger partial charge in [0, 0.05) is 32.7 Å². The Morgan fingerprint density at radius 2 is 2.10 bits per heavy atom. The molecule has 0 saturated carbocycles. The molecule has 1 spiro atoms. The molecule has 3 rings (SSSR count). The van der Waals surface area contributed by atoms with Crippen LogP contribution in [0.25, 0.3) is 0 Å². The van der Waals surface area contributed by atoms with E-state index < -0.39 is 5.54 Å². The summed E-state index contributed by atoms with van der Waals surface area (Å²) >= 11 is 0. The van der Waals surface area contributed by atoms with E-state index >= 15 is 0 Å². The molecule has 106 valence electrons. The van der Waals surface area contributed by atoms with Crippen molar-refractivity contribution in [3.05, 3.63) is 35.4 Å². The number of fused-ring (bicyclic) bond motifs is 1. The van der Waals surface area contributed by atoms with E-state index in [-0.39, 0.29) is 17.7 Å². The molecular formula is C15H19N3O2. The van der Waals surface area contributed by atoms with Gasteiger partial charge in [-0.15, -0.1) is 0 Å². The molecular weight excluding hydrogens is 254 g/mol. The molecule has 5 nitrogen and oxygen atoms in total. The summed E-state index contributed by atoms with van der Waals surface area (Å²) in [6.07, 6.45) is 0.701. The number of carbonyl (C=O) groups is 2. The average molecular weight is 273 g/mol. The van der Waals surface area contributed by atoms with E-state index in [1.54, 1.807) is 19.0 Å². The maximum atomic E-state index is 12.4. The molecule has 0 aromatic heterocycles. The van der Waals surface area contributed by atoms with Crippen molar-refractivity contribution in [2.45, 2.75) is 12.0 Å². The summed E-state index contributed by atoms with van der Waals surface area (Å²) in [5.74, 6) is -0.225. The number of nitrogens with one attached hydrogen (secondary N) is 2. The Kier molecular flexibility index (Phi) is 3.01. The van der Waals surface area contributed by atoms with Gasteiger partial charge in [0.2, 0.25) is 5.91 Å². The molecule has 0 radical (unpaired) electrons. The predicted octanol–water partition coefficient (Wildman–Crippen LogP) is 0.0189. The molecule has 0 bridgehead atoms. The van der Waals surface area contributed by atoms with E-state index in [0.29, 0.717) is 19.5 Å². The summed E-state index contributed by atoms with van der Waals surface area (Å²) < 4.78 is 0. The fraction of sp³-hybridized carbons (Fsp3) is 0.467. The summed E-state index contributed by atoms with van der Waals surface area (Å²) in [6, 6.07) is 7.62. The third-order valence-electron chi connectivity index (χ3n) is 4.33. The lowest BCUT2D eigenvalue weighted by atomic mass is 9.77. The van der Waals surface area contributed by atoms with E-state index in [2.05, 4.69) is 10.6 Å².